The van der Waals surface area contributed by atoms with Crippen LogP contribution in [0.15, 0.2) is 186 Å². The minimum absolute atomic E-state index is 0.463. The summed E-state index contributed by atoms with van der Waals surface area (Å²) >= 11 is 0. The summed E-state index contributed by atoms with van der Waals surface area (Å²) in [5, 5.41) is -7.98. The maximum absolute atomic E-state index is 9.98. The molecule has 1 heteroatoms. The molecule has 0 fully saturated rings. The van der Waals surface area contributed by atoms with Gasteiger partial charge in [0.25, 0.3) is 0 Å². The Morgan fingerprint density at radius 2 is 0.863 bits per heavy atom. The zero-order valence-corrected chi connectivity index (χ0v) is 25.5. The first-order chi connectivity index (χ1) is 37.4. The number of fused-ring (bicyclic) bond motifs is 8. The zero-order valence-electron chi connectivity index (χ0n) is 54.5. The Kier molecular flexibility index (Phi) is 2.56. The zero-order chi connectivity index (χ0) is 58.7. The standard InChI is InChI=1S/C50H30O/c1-2-16-34-30-46-44(29-33(34)15-1)48-40(25-12-26-45(48)51-46)43-28-27-32-14-4-6-19-36(32)49(43)50-41-22-9-7-20-38(41)47(39-21-8-10-23-42(39)50)37-24-11-17-31-13-3-5-18-35(31)37/h1-30H/i1D,2D,3D,4D,5D,6D,7D,8D,9D,10D,11D,12D,13D,14D,15D,16D,17D,18D,19D,20D,21D,22D,23D,24D,26D,27D,28D,29D,30D. The first kappa shape index (κ1) is 12.0. The van der Waals surface area contributed by atoms with Crippen LogP contribution in [0.4, 0.5) is 0 Å². The molecule has 11 aromatic rings. The van der Waals surface area contributed by atoms with Gasteiger partial charge in [0, 0.05) is 10.8 Å². The van der Waals surface area contributed by atoms with Crippen LogP contribution in [0.5, 0.6) is 0 Å². The lowest BCUT2D eigenvalue weighted by Crippen LogP contribution is -1.94. The predicted molar refractivity (Wildman–Crippen MR) is 218 cm³/mol. The summed E-state index contributed by atoms with van der Waals surface area (Å²) in [6.45, 7) is 0. The Bertz CT molecular complexity index is 4780. The molecule has 0 bridgehead atoms. The van der Waals surface area contributed by atoms with Crippen LogP contribution < -0.4 is 0 Å². The van der Waals surface area contributed by atoms with Gasteiger partial charge in [-0.2, -0.15) is 0 Å². The Morgan fingerprint density at radius 1 is 0.314 bits per heavy atom. The van der Waals surface area contributed by atoms with Gasteiger partial charge in [0.05, 0.1) is 39.8 Å². The molecule has 1 aromatic heterocycles. The van der Waals surface area contributed by atoms with E-state index in [1.54, 1.807) is 0 Å². The van der Waals surface area contributed by atoms with E-state index in [-0.39, 0.29) is 0 Å². The number of hydrogen-bond donors (Lipinski definition) is 0. The van der Waals surface area contributed by atoms with Gasteiger partial charge in [-0.05, 0) is 105 Å². The summed E-state index contributed by atoms with van der Waals surface area (Å²) in [6, 6.07) is -26.0. The van der Waals surface area contributed by atoms with Crippen LogP contribution >= 0.6 is 0 Å². The van der Waals surface area contributed by atoms with Crippen molar-refractivity contribution in [3.63, 3.8) is 0 Å². The highest BCUT2D eigenvalue weighted by Crippen LogP contribution is 2.50. The van der Waals surface area contributed by atoms with E-state index in [0.717, 1.165) is 6.07 Å². The van der Waals surface area contributed by atoms with Gasteiger partial charge < -0.3 is 4.42 Å². The molecule has 0 atom stereocenters. The summed E-state index contributed by atoms with van der Waals surface area (Å²) in [7, 11) is 0. The minimum atomic E-state index is -1.07. The third kappa shape index (κ3) is 4.16. The van der Waals surface area contributed by atoms with E-state index in [1.165, 1.54) is 0 Å². The maximum atomic E-state index is 9.98. The van der Waals surface area contributed by atoms with Crippen LogP contribution in [0.1, 0.15) is 39.8 Å². The molecule has 0 aliphatic rings. The second-order valence-corrected chi connectivity index (χ2v) is 11.3. The van der Waals surface area contributed by atoms with Crippen molar-refractivity contribution in [2.24, 2.45) is 0 Å². The van der Waals surface area contributed by atoms with Crippen molar-refractivity contribution < 1.29 is 44.2 Å². The van der Waals surface area contributed by atoms with Crippen molar-refractivity contribution >= 4 is 75.8 Å². The molecule has 0 radical (unpaired) electrons. The molecule has 0 aliphatic heterocycles. The van der Waals surface area contributed by atoms with E-state index in [4.69, 9.17) is 27.7 Å². The van der Waals surface area contributed by atoms with E-state index in [2.05, 4.69) is 0 Å². The Balaban J connectivity index is 1.54. The van der Waals surface area contributed by atoms with Gasteiger partial charge >= 0.3 is 0 Å². The Labute approximate surface area is 335 Å². The molecule has 10 aromatic carbocycles. The molecule has 236 valence electrons. The SMILES string of the molecule is [2H]c1cc(-c2c([2H])c([2H])c3c([2H])c([2H])c([2H])c([2H])c3c2-c2c3c([2H])c([2H])c([2H])c([2H])c3c(-c3c([2H])c([2H])c([2H])c4c([2H])c([2H])c([2H])c([2H])c34)c3c([2H])c([2H])c([2H])c([2H])c23)c2c(oc3c([2H])c4c([2H])c([2H])c([2H])c([2H])c4c([2H])c32)c1[2H]. The number of rotatable bonds is 3. The highest BCUT2D eigenvalue weighted by atomic mass is 16.3. The second-order valence-electron chi connectivity index (χ2n) is 11.3. The van der Waals surface area contributed by atoms with Crippen LogP contribution in [0, 0.1) is 0 Å². The smallest absolute Gasteiger partial charge is 0.136 e. The molecule has 0 amide bonds. The van der Waals surface area contributed by atoms with Crippen LogP contribution in [-0.2, 0) is 0 Å². The van der Waals surface area contributed by atoms with Crippen molar-refractivity contribution in [1.82, 2.24) is 0 Å². The summed E-state index contributed by atoms with van der Waals surface area (Å²) in [5.41, 5.74) is -5.56. The lowest BCUT2D eigenvalue weighted by molar-refractivity contribution is 0.669. The quantitative estimate of drug-likeness (QED) is 0.170. The Morgan fingerprint density at radius 3 is 1.57 bits per heavy atom. The fourth-order valence-electron chi connectivity index (χ4n) is 6.65. The van der Waals surface area contributed by atoms with E-state index in [0.29, 0.717) is 0 Å². The summed E-state index contributed by atoms with van der Waals surface area (Å²) in [6.07, 6.45) is 0. The molecule has 0 saturated heterocycles. The van der Waals surface area contributed by atoms with Gasteiger partial charge in [-0.25, -0.2) is 0 Å². The molecule has 0 aliphatic carbocycles. The average molecular weight is 676 g/mol. The molecule has 0 spiro atoms. The average Bonchev–Trinajstić information content (AvgIpc) is 3.84. The van der Waals surface area contributed by atoms with Crippen LogP contribution in [-0.4, -0.2) is 0 Å². The lowest BCUT2D eigenvalue weighted by Gasteiger charge is -2.22. The van der Waals surface area contributed by atoms with Gasteiger partial charge in [-0.15, -0.1) is 0 Å². The molecule has 0 N–H and O–H groups in total. The van der Waals surface area contributed by atoms with Crippen molar-refractivity contribution in [2.45, 2.75) is 0 Å². The number of hydrogen-bond acceptors (Lipinski definition) is 1. The second kappa shape index (κ2) is 10.9. The summed E-state index contributed by atoms with van der Waals surface area (Å²) in [5.74, 6) is 0. The molecule has 1 heterocycles. The molecule has 0 saturated carbocycles. The fraction of sp³-hybridized carbons (Fsp3) is 0. The molecule has 0 unspecified atom stereocenters. The van der Waals surface area contributed by atoms with Gasteiger partial charge in [-0.3, -0.25) is 0 Å². The van der Waals surface area contributed by atoms with E-state index in [9.17, 15) is 16.4 Å². The monoisotopic (exact) mass is 675 g/mol. The minimum Gasteiger partial charge on any atom is -0.456 e. The van der Waals surface area contributed by atoms with E-state index in [1.807, 2.05) is 0 Å². The fourth-order valence-corrected chi connectivity index (χ4v) is 6.65. The maximum Gasteiger partial charge on any atom is 0.136 e. The van der Waals surface area contributed by atoms with Crippen molar-refractivity contribution in [2.75, 3.05) is 0 Å². The van der Waals surface area contributed by atoms with Crippen LogP contribution in [0.3, 0.4) is 0 Å². The molecule has 11 rings (SSSR count). The van der Waals surface area contributed by atoms with Gasteiger partial charge in [0.2, 0.25) is 0 Å². The van der Waals surface area contributed by atoms with Crippen LogP contribution in [0.25, 0.3) is 109 Å². The van der Waals surface area contributed by atoms with E-state index < -0.39 is 284 Å². The highest BCUT2D eigenvalue weighted by molar-refractivity contribution is 6.28. The lowest BCUT2D eigenvalue weighted by atomic mass is 9.81. The highest BCUT2D eigenvalue weighted by Gasteiger charge is 2.23. The van der Waals surface area contributed by atoms with Gasteiger partial charge in [0.1, 0.15) is 11.2 Å². The molecule has 1 nitrogen and oxygen atoms in total. The van der Waals surface area contributed by atoms with Crippen molar-refractivity contribution in [1.29, 1.82) is 0 Å². The topological polar surface area (TPSA) is 13.1 Å². The largest absolute Gasteiger partial charge is 0.456 e. The first-order valence-corrected chi connectivity index (χ1v) is 15.2. The summed E-state index contributed by atoms with van der Waals surface area (Å²) < 4.78 is 272. The third-order valence-electron chi connectivity index (χ3n) is 8.71. The van der Waals surface area contributed by atoms with E-state index >= 15 is 0 Å². The third-order valence-corrected chi connectivity index (χ3v) is 8.71. The first-order valence-electron chi connectivity index (χ1n) is 29.7. The van der Waals surface area contributed by atoms with Crippen molar-refractivity contribution in [3.8, 4) is 33.4 Å². The Hall–Kier alpha value is -6.70. The van der Waals surface area contributed by atoms with Crippen LogP contribution in [0.2, 0.25) is 0 Å². The molecular formula is C50H30O. The molecule has 51 heavy (non-hydrogen) atoms. The number of benzene rings is 10. The normalized spacial score (nSPS) is 19.9. The van der Waals surface area contributed by atoms with Gasteiger partial charge in [-0.1, -0.05) is 163 Å². The number of furan rings is 1. The summed E-state index contributed by atoms with van der Waals surface area (Å²) in [4.78, 5) is 0. The van der Waals surface area contributed by atoms with Crippen molar-refractivity contribution in [3.05, 3.63) is 181 Å². The molecular weight excluding hydrogens is 617 g/mol. The van der Waals surface area contributed by atoms with Gasteiger partial charge in [0.15, 0.2) is 0 Å². The predicted octanol–water partition coefficient (Wildman–Crippen LogP) is 14.4.